The van der Waals surface area contributed by atoms with Gasteiger partial charge in [-0.15, -0.1) is 0 Å². The number of aliphatic hydroxyl groups excluding tert-OH is 1. The first-order valence-electron chi connectivity index (χ1n) is 7.86. The molecule has 4 N–H and O–H groups in total. The zero-order valence-electron chi connectivity index (χ0n) is 14.2. The molecule has 0 bridgehead atoms. The number of hydrogen-bond acceptors (Lipinski definition) is 6. The molecular weight excluding hydrogens is 312 g/mol. The summed E-state index contributed by atoms with van der Waals surface area (Å²) in [5.74, 6) is -1.00. The van der Waals surface area contributed by atoms with E-state index in [-0.39, 0.29) is 25.1 Å². The van der Waals surface area contributed by atoms with Crippen LogP contribution in [0, 0.1) is 0 Å². The quantitative estimate of drug-likeness (QED) is 0.696. The van der Waals surface area contributed by atoms with Gasteiger partial charge in [0.1, 0.15) is 17.6 Å². The van der Waals surface area contributed by atoms with Crippen LogP contribution in [-0.2, 0) is 20.9 Å². The highest BCUT2D eigenvalue weighted by atomic mass is 16.6. The molecule has 0 spiro atoms. The van der Waals surface area contributed by atoms with Crippen LogP contribution in [0.4, 0.5) is 0 Å². The molecule has 1 heterocycles. The van der Waals surface area contributed by atoms with Gasteiger partial charge in [-0.25, -0.2) is 0 Å². The van der Waals surface area contributed by atoms with Crippen molar-refractivity contribution in [3.8, 4) is 5.75 Å². The summed E-state index contributed by atoms with van der Waals surface area (Å²) in [6.07, 6.45) is -0.907. The Kier molecular flexibility index (Phi) is 5.15. The number of ether oxygens (including phenoxy) is 1. The Morgan fingerprint density at radius 1 is 1.42 bits per heavy atom. The number of phenolic OH excluding ortho intramolecular Hbond substituents is 1. The van der Waals surface area contributed by atoms with Crippen LogP contribution in [0.1, 0.15) is 51.0 Å². The number of benzene rings is 1. The molecule has 1 aliphatic rings. The second-order valence-electron chi connectivity index (χ2n) is 6.93. The highest BCUT2D eigenvalue weighted by molar-refractivity contribution is 5.81. The lowest BCUT2D eigenvalue weighted by atomic mass is 10.1. The lowest BCUT2D eigenvalue weighted by Crippen LogP contribution is -2.44. The number of rotatable bonds is 5. The molecule has 1 amide bonds. The Hall–Kier alpha value is -2.12. The van der Waals surface area contributed by atoms with Crippen LogP contribution in [0.3, 0.4) is 0 Å². The first-order valence-corrected chi connectivity index (χ1v) is 7.86. The summed E-state index contributed by atoms with van der Waals surface area (Å²) in [5, 5.41) is 20.3. The Morgan fingerprint density at radius 2 is 2.08 bits per heavy atom. The number of aliphatic hydroxyl groups is 1. The topological polar surface area (TPSA) is 113 Å². The molecule has 0 radical (unpaired) electrons. The smallest absolute Gasteiger partial charge is 0.306 e. The van der Waals surface area contributed by atoms with Crippen LogP contribution in [-0.4, -0.2) is 38.6 Å². The second kappa shape index (κ2) is 6.78. The van der Waals surface area contributed by atoms with Crippen molar-refractivity contribution in [2.45, 2.75) is 58.0 Å². The molecule has 2 rings (SSSR count). The molecule has 1 aromatic rings. The lowest BCUT2D eigenvalue weighted by Gasteiger charge is -2.28. The van der Waals surface area contributed by atoms with Crippen molar-refractivity contribution in [3.05, 3.63) is 29.3 Å². The first-order chi connectivity index (χ1) is 11.1. The van der Waals surface area contributed by atoms with Crippen molar-refractivity contribution in [2.75, 3.05) is 0 Å². The fourth-order valence-electron chi connectivity index (χ4n) is 2.85. The zero-order valence-corrected chi connectivity index (χ0v) is 14.2. The molecule has 7 heteroatoms. The van der Waals surface area contributed by atoms with Crippen molar-refractivity contribution in [1.82, 2.24) is 4.90 Å². The molecule has 7 nitrogen and oxygen atoms in total. The molecule has 1 unspecified atom stereocenters. The van der Waals surface area contributed by atoms with Crippen LogP contribution in [0.5, 0.6) is 5.75 Å². The molecule has 1 aromatic carbocycles. The molecule has 0 aliphatic carbocycles. The predicted molar refractivity (Wildman–Crippen MR) is 86.7 cm³/mol. The number of nitrogens with zero attached hydrogens (tertiary/aromatic N) is 1. The highest BCUT2D eigenvalue weighted by Crippen LogP contribution is 2.38. The molecule has 2 atom stereocenters. The van der Waals surface area contributed by atoms with Crippen LogP contribution >= 0.6 is 0 Å². The fraction of sp³-hybridized carbons (Fsp3) is 0.529. The number of primary amides is 1. The average Bonchev–Trinajstić information content (AvgIpc) is 2.76. The van der Waals surface area contributed by atoms with E-state index in [4.69, 9.17) is 10.5 Å². The number of carbonyl (C=O) groups is 2. The van der Waals surface area contributed by atoms with Crippen LogP contribution in [0.15, 0.2) is 18.2 Å². The van der Waals surface area contributed by atoms with E-state index in [1.165, 1.54) is 11.0 Å². The standard InChI is InChI=1S/C17H24N2O5/c1-17(2,3)24-14(21)8-7-12(15(18)22)19-9-11-10(16(19)23)5-4-6-13(11)20/h4-6,12,16,20,23H,7-9H2,1-3H3,(H2,18,22)/t12-,16?/m0/s1. The largest absolute Gasteiger partial charge is 0.508 e. The number of hydrogen-bond donors (Lipinski definition) is 3. The van der Waals surface area contributed by atoms with Gasteiger partial charge in [-0.1, -0.05) is 12.1 Å². The molecule has 0 aromatic heterocycles. The summed E-state index contributed by atoms with van der Waals surface area (Å²) in [6, 6.07) is 4.00. The molecule has 0 saturated carbocycles. The van der Waals surface area contributed by atoms with Gasteiger partial charge in [0, 0.05) is 24.1 Å². The van der Waals surface area contributed by atoms with E-state index >= 15 is 0 Å². The van der Waals surface area contributed by atoms with Crippen molar-refractivity contribution < 1.29 is 24.5 Å². The van der Waals surface area contributed by atoms with Gasteiger partial charge in [0.05, 0.1) is 6.04 Å². The van der Waals surface area contributed by atoms with Crippen molar-refractivity contribution in [3.63, 3.8) is 0 Å². The Labute approximate surface area is 141 Å². The number of fused-ring (bicyclic) bond motifs is 1. The lowest BCUT2D eigenvalue weighted by molar-refractivity contribution is -0.155. The van der Waals surface area contributed by atoms with E-state index in [0.29, 0.717) is 11.1 Å². The van der Waals surface area contributed by atoms with E-state index < -0.39 is 29.7 Å². The maximum atomic E-state index is 11.9. The van der Waals surface area contributed by atoms with E-state index in [9.17, 15) is 19.8 Å². The number of nitrogens with two attached hydrogens (primary N) is 1. The minimum absolute atomic E-state index is 0.0103. The number of esters is 1. The Morgan fingerprint density at radius 3 is 2.62 bits per heavy atom. The normalized spacial score (nSPS) is 18.9. The maximum Gasteiger partial charge on any atom is 0.306 e. The highest BCUT2D eigenvalue weighted by Gasteiger charge is 2.37. The van der Waals surface area contributed by atoms with Gasteiger partial charge in [0.15, 0.2) is 0 Å². The fourth-order valence-corrected chi connectivity index (χ4v) is 2.85. The van der Waals surface area contributed by atoms with E-state index in [2.05, 4.69) is 0 Å². The predicted octanol–water partition coefficient (Wildman–Crippen LogP) is 1.17. The molecule has 132 valence electrons. The Balaban J connectivity index is 2.09. The van der Waals surface area contributed by atoms with Gasteiger partial charge >= 0.3 is 5.97 Å². The van der Waals surface area contributed by atoms with Crippen molar-refractivity contribution in [1.29, 1.82) is 0 Å². The number of amides is 1. The van der Waals surface area contributed by atoms with E-state index in [1.807, 2.05) is 0 Å². The third kappa shape index (κ3) is 4.04. The summed E-state index contributed by atoms with van der Waals surface area (Å²) in [4.78, 5) is 25.2. The van der Waals surface area contributed by atoms with Gasteiger partial charge in [0.2, 0.25) is 5.91 Å². The van der Waals surface area contributed by atoms with E-state index in [1.54, 1.807) is 32.9 Å². The van der Waals surface area contributed by atoms with Gasteiger partial charge in [-0.2, -0.15) is 0 Å². The van der Waals surface area contributed by atoms with Crippen molar-refractivity contribution in [2.24, 2.45) is 5.73 Å². The van der Waals surface area contributed by atoms with Gasteiger partial charge in [-0.05, 0) is 33.3 Å². The number of carbonyl (C=O) groups excluding carboxylic acids is 2. The summed E-state index contributed by atoms with van der Waals surface area (Å²) in [7, 11) is 0. The minimum atomic E-state index is -1.05. The molecule has 0 fully saturated rings. The second-order valence-corrected chi connectivity index (χ2v) is 6.93. The summed E-state index contributed by atoms with van der Waals surface area (Å²) >= 11 is 0. The SMILES string of the molecule is CC(C)(C)OC(=O)CC[C@@H](C(N)=O)N1Cc2c(O)cccc2C1O. The van der Waals surface area contributed by atoms with Crippen LogP contribution in [0.2, 0.25) is 0 Å². The molecular formula is C17H24N2O5. The minimum Gasteiger partial charge on any atom is -0.508 e. The van der Waals surface area contributed by atoms with Gasteiger partial charge < -0.3 is 20.7 Å². The van der Waals surface area contributed by atoms with Gasteiger partial charge in [-0.3, -0.25) is 14.5 Å². The van der Waals surface area contributed by atoms with Crippen LogP contribution < -0.4 is 5.73 Å². The summed E-state index contributed by atoms with van der Waals surface area (Å²) in [6.45, 7) is 5.48. The summed E-state index contributed by atoms with van der Waals surface area (Å²) < 4.78 is 5.23. The average molecular weight is 336 g/mol. The Bertz CT molecular complexity index is 638. The molecule has 0 saturated heterocycles. The van der Waals surface area contributed by atoms with E-state index in [0.717, 1.165) is 0 Å². The molecule has 24 heavy (non-hydrogen) atoms. The molecule has 1 aliphatic heterocycles. The maximum absolute atomic E-state index is 11.9. The third-order valence-electron chi connectivity index (χ3n) is 3.89. The van der Waals surface area contributed by atoms with Crippen LogP contribution in [0.25, 0.3) is 0 Å². The monoisotopic (exact) mass is 336 g/mol. The van der Waals surface area contributed by atoms with Gasteiger partial charge in [0.25, 0.3) is 0 Å². The summed E-state index contributed by atoms with van der Waals surface area (Å²) in [5.41, 5.74) is 5.96. The third-order valence-corrected chi connectivity index (χ3v) is 3.89. The first kappa shape index (κ1) is 18.2. The number of aromatic hydroxyl groups is 1. The number of phenols is 1. The van der Waals surface area contributed by atoms with Crippen molar-refractivity contribution >= 4 is 11.9 Å². The zero-order chi connectivity index (χ0) is 18.1.